The zero-order valence-corrected chi connectivity index (χ0v) is 16.4. The fourth-order valence-corrected chi connectivity index (χ4v) is 4.80. The molecule has 1 unspecified atom stereocenters. The molecule has 6 nitrogen and oxygen atoms in total. The number of carbonyl (C=O) groups excluding carboxylic acids is 1. The summed E-state index contributed by atoms with van der Waals surface area (Å²) in [7, 11) is 5.61. The Morgan fingerprint density at radius 3 is 2.48 bits per heavy atom. The molecule has 2 aliphatic rings. The Hall–Kier alpha value is -2.34. The van der Waals surface area contributed by atoms with Crippen LogP contribution in [0, 0.1) is 0 Å². The minimum Gasteiger partial charge on any atom is -0.497 e. The lowest BCUT2D eigenvalue weighted by Crippen LogP contribution is -2.53. The van der Waals surface area contributed by atoms with Crippen molar-refractivity contribution in [3.05, 3.63) is 47.8 Å². The second kappa shape index (κ2) is 7.00. The highest BCUT2D eigenvalue weighted by molar-refractivity contribution is 5.81. The molecule has 1 amide bonds. The number of ether oxygens (including phenoxy) is 1. The molecular formula is C21H28N4O2. The van der Waals surface area contributed by atoms with Crippen LogP contribution in [0.5, 0.6) is 5.75 Å². The fourth-order valence-electron chi connectivity index (χ4n) is 4.80. The number of nitrogens with zero attached hydrogens (tertiary/aromatic N) is 4. The van der Waals surface area contributed by atoms with Crippen LogP contribution in [0.1, 0.15) is 36.3 Å². The summed E-state index contributed by atoms with van der Waals surface area (Å²) >= 11 is 0. The number of aromatic nitrogens is 2. The number of hydrogen-bond donors (Lipinski definition) is 0. The van der Waals surface area contributed by atoms with E-state index < -0.39 is 0 Å². The van der Waals surface area contributed by atoms with Gasteiger partial charge in [0.15, 0.2) is 0 Å². The van der Waals surface area contributed by atoms with E-state index in [0.717, 1.165) is 38.2 Å². The van der Waals surface area contributed by atoms with E-state index in [4.69, 9.17) is 4.74 Å². The van der Waals surface area contributed by atoms with E-state index >= 15 is 0 Å². The number of carbonyl (C=O) groups is 1. The standard InChI is InChI=1S/C21H28N4O2/c1-23-15-17(13-22-23)19-12-20(26)24(2)21(19)8-10-25(11-9-21)14-16-4-6-18(27-3)7-5-16/h4-7,13,15,19H,8-12,14H2,1-3H3. The van der Waals surface area contributed by atoms with Crippen molar-refractivity contribution in [2.45, 2.75) is 37.3 Å². The molecule has 2 aliphatic heterocycles. The van der Waals surface area contributed by atoms with Gasteiger partial charge in [0, 0.05) is 52.3 Å². The third kappa shape index (κ3) is 3.23. The van der Waals surface area contributed by atoms with E-state index in [-0.39, 0.29) is 17.4 Å². The van der Waals surface area contributed by atoms with Gasteiger partial charge in [-0.25, -0.2) is 0 Å². The van der Waals surface area contributed by atoms with Crippen LogP contribution in [0.25, 0.3) is 0 Å². The molecule has 27 heavy (non-hydrogen) atoms. The molecule has 2 saturated heterocycles. The summed E-state index contributed by atoms with van der Waals surface area (Å²) in [4.78, 5) is 17.1. The van der Waals surface area contributed by atoms with Crippen molar-refractivity contribution in [1.29, 1.82) is 0 Å². The van der Waals surface area contributed by atoms with Gasteiger partial charge in [-0.2, -0.15) is 5.10 Å². The number of methoxy groups -OCH3 is 1. The first-order chi connectivity index (χ1) is 13.0. The third-order valence-corrected chi connectivity index (χ3v) is 6.48. The topological polar surface area (TPSA) is 50.6 Å². The Labute approximate surface area is 160 Å². The molecule has 0 saturated carbocycles. The molecule has 1 aromatic heterocycles. The largest absolute Gasteiger partial charge is 0.497 e. The Balaban J connectivity index is 1.47. The van der Waals surface area contributed by atoms with E-state index in [2.05, 4.69) is 28.3 Å². The monoisotopic (exact) mass is 368 g/mol. The van der Waals surface area contributed by atoms with Gasteiger partial charge in [-0.3, -0.25) is 14.4 Å². The number of likely N-dealkylation sites (N-methyl/N-ethyl adjacent to an activating group) is 1. The molecule has 6 heteroatoms. The van der Waals surface area contributed by atoms with Crippen LogP contribution in [0.15, 0.2) is 36.7 Å². The van der Waals surface area contributed by atoms with Gasteiger partial charge in [-0.05, 0) is 36.1 Å². The van der Waals surface area contributed by atoms with Gasteiger partial charge < -0.3 is 9.64 Å². The Bertz CT molecular complexity index is 806. The number of amides is 1. The minimum absolute atomic E-state index is 0.0729. The maximum Gasteiger partial charge on any atom is 0.223 e. The molecule has 0 radical (unpaired) electrons. The first-order valence-corrected chi connectivity index (χ1v) is 9.62. The second-order valence-electron chi connectivity index (χ2n) is 7.88. The van der Waals surface area contributed by atoms with Crippen LogP contribution in [0.2, 0.25) is 0 Å². The number of hydrogen-bond acceptors (Lipinski definition) is 4. The van der Waals surface area contributed by atoms with Crippen molar-refractivity contribution in [2.24, 2.45) is 7.05 Å². The van der Waals surface area contributed by atoms with E-state index in [0.29, 0.717) is 6.42 Å². The first kappa shape index (κ1) is 18.0. The average Bonchev–Trinajstić information content (AvgIpc) is 3.21. The molecule has 4 rings (SSSR count). The molecule has 1 aromatic carbocycles. The highest BCUT2D eigenvalue weighted by atomic mass is 16.5. The van der Waals surface area contributed by atoms with Crippen molar-refractivity contribution in [3.8, 4) is 5.75 Å². The highest BCUT2D eigenvalue weighted by Crippen LogP contribution is 2.48. The van der Waals surface area contributed by atoms with Gasteiger partial charge >= 0.3 is 0 Å². The van der Waals surface area contributed by atoms with E-state index in [1.54, 1.807) is 7.11 Å². The van der Waals surface area contributed by atoms with Crippen LogP contribution in [-0.2, 0) is 18.4 Å². The molecule has 0 N–H and O–H groups in total. The number of benzene rings is 1. The molecule has 2 aromatic rings. The zero-order valence-electron chi connectivity index (χ0n) is 16.4. The number of rotatable bonds is 4. The molecule has 0 aliphatic carbocycles. The highest BCUT2D eigenvalue weighted by Gasteiger charge is 2.52. The Morgan fingerprint density at radius 1 is 1.19 bits per heavy atom. The number of aryl methyl sites for hydroxylation is 1. The number of piperidine rings is 1. The van der Waals surface area contributed by atoms with E-state index in [1.807, 2.05) is 42.0 Å². The lowest BCUT2D eigenvalue weighted by atomic mass is 9.74. The number of likely N-dealkylation sites (tertiary alicyclic amines) is 2. The maximum atomic E-state index is 12.5. The normalized spacial score (nSPS) is 22.6. The van der Waals surface area contributed by atoms with Crippen LogP contribution in [0.4, 0.5) is 0 Å². The lowest BCUT2D eigenvalue weighted by molar-refractivity contribution is -0.130. The maximum absolute atomic E-state index is 12.5. The molecule has 2 fully saturated rings. The van der Waals surface area contributed by atoms with Gasteiger partial charge in [0.25, 0.3) is 0 Å². The van der Waals surface area contributed by atoms with Crippen LogP contribution in [-0.4, -0.2) is 58.3 Å². The van der Waals surface area contributed by atoms with Crippen molar-refractivity contribution in [2.75, 3.05) is 27.2 Å². The molecule has 144 valence electrons. The summed E-state index contributed by atoms with van der Waals surface area (Å²) < 4.78 is 7.08. The summed E-state index contributed by atoms with van der Waals surface area (Å²) in [6, 6.07) is 8.30. The van der Waals surface area contributed by atoms with Crippen molar-refractivity contribution in [3.63, 3.8) is 0 Å². The fraction of sp³-hybridized carbons (Fsp3) is 0.524. The van der Waals surface area contributed by atoms with Crippen LogP contribution < -0.4 is 4.74 Å². The van der Waals surface area contributed by atoms with Gasteiger partial charge in [0.2, 0.25) is 5.91 Å². The second-order valence-corrected chi connectivity index (χ2v) is 7.88. The SMILES string of the molecule is COc1ccc(CN2CCC3(CC2)C(c2cnn(C)c2)CC(=O)N3C)cc1. The van der Waals surface area contributed by atoms with Gasteiger partial charge in [-0.1, -0.05) is 12.1 Å². The summed E-state index contributed by atoms with van der Waals surface area (Å²) in [6.07, 6.45) is 6.61. The summed E-state index contributed by atoms with van der Waals surface area (Å²) in [5, 5.41) is 4.34. The average molecular weight is 368 g/mol. The first-order valence-electron chi connectivity index (χ1n) is 9.62. The summed E-state index contributed by atoms with van der Waals surface area (Å²) in [5.74, 6) is 1.39. The molecule has 1 spiro atoms. The Kier molecular flexibility index (Phi) is 4.68. The summed E-state index contributed by atoms with van der Waals surface area (Å²) in [6.45, 7) is 2.94. The van der Waals surface area contributed by atoms with Crippen molar-refractivity contribution in [1.82, 2.24) is 19.6 Å². The lowest BCUT2D eigenvalue weighted by Gasteiger charge is -2.46. The quantitative estimate of drug-likeness (QED) is 0.832. The Morgan fingerprint density at radius 2 is 1.89 bits per heavy atom. The zero-order chi connectivity index (χ0) is 19.0. The van der Waals surface area contributed by atoms with E-state index in [9.17, 15) is 4.79 Å². The van der Waals surface area contributed by atoms with Crippen molar-refractivity contribution < 1.29 is 9.53 Å². The van der Waals surface area contributed by atoms with Crippen LogP contribution >= 0.6 is 0 Å². The summed E-state index contributed by atoms with van der Waals surface area (Å²) in [5.41, 5.74) is 2.42. The third-order valence-electron chi connectivity index (χ3n) is 6.48. The molecular weight excluding hydrogens is 340 g/mol. The van der Waals surface area contributed by atoms with Gasteiger partial charge in [-0.15, -0.1) is 0 Å². The van der Waals surface area contributed by atoms with E-state index in [1.165, 1.54) is 11.1 Å². The smallest absolute Gasteiger partial charge is 0.223 e. The molecule has 1 atom stereocenters. The van der Waals surface area contributed by atoms with Crippen LogP contribution in [0.3, 0.4) is 0 Å². The van der Waals surface area contributed by atoms with Crippen molar-refractivity contribution >= 4 is 5.91 Å². The predicted octanol–water partition coefficient (Wildman–Crippen LogP) is 2.41. The predicted molar refractivity (Wildman–Crippen MR) is 104 cm³/mol. The molecule has 3 heterocycles. The molecule has 0 bridgehead atoms. The van der Waals surface area contributed by atoms with Gasteiger partial charge in [0.05, 0.1) is 18.8 Å². The minimum atomic E-state index is -0.0729. The van der Waals surface area contributed by atoms with Gasteiger partial charge in [0.1, 0.15) is 5.75 Å².